The minimum Gasteiger partial charge on any atom is -0.310 e. The predicted molar refractivity (Wildman–Crippen MR) is 65.1 cm³/mol. The monoisotopic (exact) mass is 210 g/mol. The Kier molecular flexibility index (Phi) is 3.36. The molecule has 0 spiro atoms. The fourth-order valence-electron chi connectivity index (χ4n) is 2.79. The van der Waals surface area contributed by atoms with Gasteiger partial charge in [0.1, 0.15) is 0 Å². The molecule has 2 aliphatic rings. The maximum atomic E-state index is 3.68. The van der Waals surface area contributed by atoms with E-state index in [1.54, 1.807) is 0 Å². The van der Waals surface area contributed by atoms with Crippen LogP contribution >= 0.6 is 0 Å². The van der Waals surface area contributed by atoms with Crippen molar-refractivity contribution in [2.45, 2.75) is 58.0 Å². The molecule has 1 saturated carbocycles. The van der Waals surface area contributed by atoms with Gasteiger partial charge >= 0.3 is 0 Å². The van der Waals surface area contributed by atoms with Crippen molar-refractivity contribution in [2.75, 3.05) is 19.6 Å². The topological polar surface area (TPSA) is 15.3 Å². The molecule has 1 aliphatic carbocycles. The molecule has 0 radical (unpaired) electrons. The summed E-state index contributed by atoms with van der Waals surface area (Å²) in [7, 11) is 0. The highest BCUT2D eigenvalue weighted by atomic mass is 15.2. The zero-order valence-corrected chi connectivity index (χ0v) is 10.6. The molecule has 0 aromatic heterocycles. The lowest BCUT2D eigenvalue weighted by molar-refractivity contribution is 0.177. The third kappa shape index (κ3) is 3.18. The summed E-state index contributed by atoms with van der Waals surface area (Å²) in [4.78, 5) is 2.73. The maximum absolute atomic E-state index is 3.68. The van der Waals surface area contributed by atoms with Crippen LogP contribution in [0.15, 0.2) is 0 Å². The molecule has 2 rings (SSSR count). The Morgan fingerprint density at radius 2 is 2.13 bits per heavy atom. The number of hydrogen-bond donors (Lipinski definition) is 1. The summed E-state index contributed by atoms with van der Waals surface area (Å²) in [5, 5.41) is 3.68. The molecule has 88 valence electrons. The van der Waals surface area contributed by atoms with E-state index >= 15 is 0 Å². The van der Waals surface area contributed by atoms with E-state index in [4.69, 9.17) is 0 Å². The lowest BCUT2D eigenvalue weighted by atomic mass is 9.99. The number of nitrogens with one attached hydrogen (secondary N) is 1. The standard InChI is InChI=1S/C13H26N2/c1-11(2)9-15(12-5-6-12)10-13(3)7-4-8-14-13/h11-12,14H,4-10H2,1-3H3. The molecule has 1 aliphatic heterocycles. The van der Waals surface area contributed by atoms with Gasteiger partial charge in [0.25, 0.3) is 0 Å². The highest BCUT2D eigenvalue weighted by molar-refractivity contribution is 4.95. The SMILES string of the molecule is CC(C)CN(CC1(C)CCCN1)C1CC1. The lowest BCUT2D eigenvalue weighted by Crippen LogP contribution is -2.49. The zero-order chi connectivity index (χ0) is 10.9. The van der Waals surface area contributed by atoms with Gasteiger partial charge in [-0.3, -0.25) is 4.90 Å². The maximum Gasteiger partial charge on any atom is 0.0281 e. The molecule has 0 aromatic rings. The first-order valence-electron chi connectivity index (χ1n) is 6.58. The van der Waals surface area contributed by atoms with Crippen LogP contribution in [-0.2, 0) is 0 Å². The van der Waals surface area contributed by atoms with Crippen molar-refractivity contribution in [2.24, 2.45) is 5.92 Å². The van der Waals surface area contributed by atoms with Gasteiger partial charge in [0.05, 0.1) is 0 Å². The van der Waals surface area contributed by atoms with E-state index in [1.165, 1.54) is 45.3 Å². The van der Waals surface area contributed by atoms with Gasteiger partial charge in [-0.2, -0.15) is 0 Å². The van der Waals surface area contributed by atoms with Crippen molar-refractivity contribution in [1.82, 2.24) is 10.2 Å². The molecular formula is C13H26N2. The summed E-state index contributed by atoms with van der Waals surface area (Å²) in [6.07, 6.45) is 5.58. The Balaban J connectivity index is 1.87. The minimum atomic E-state index is 0.400. The van der Waals surface area contributed by atoms with Gasteiger partial charge in [0.2, 0.25) is 0 Å². The third-order valence-corrected chi connectivity index (χ3v) is 3.67. The first-order chi connectivity index (χ1) is 7.09. The smallest absolute Gasteiger partial charge is 0.0281 e. The van der Waals surface area contributed by atoms with Crippen molar-refractivity contribution in [3.8, 4) is 0 Å². The van der Waals surface area contributed by atoms with Gasteiger partial charge in [0, 0.05) is 24.7 Å². The summed E-state index contributed by atoms with van der Waals surface area (Å²) >= 11 is 0. The Hall–Kier alpha value is -0.0800. The van der Waals surface area contributed by atoms with Crippen LogP contribution in [0.3, 0.4) is 0 Å². The fraction of sp³-hybridized carbons (Fsp3) is 1.00. The molecule has 1 N–H and O–H groups in total. The van der Waals surface area contributed by atoms with Gasteiger partial charge in [-0.1, -0.05) is 13.8 Å². The second-order valence-corrected chi connectivity index (χ2v) is 6.15. The van der Waals surface area contributed by atoms with Gasteiger partial charge in [-0.15, -0.1) is 0 Å². The second-order valence-electron chi connectivity index (χ2n) is 6.15. The summed E-state index contributed by atoms with van der Waals surface area (Å²) in [5.74, 6) is 0.801. The first-order valence-corrected chi connectivity index (χ1v) is 6.58. The van der Waals surface area contributed by atoms with E-state index in [-0.39, 0.29) is 0 Å². The summed E-state index contributed by atoms with van der Waals surface area (Å²) < 4.78 is 0. The highest BCUT2D eigenvalue weighted by Crippen LogP contribution is 2.30. The summed E-state index contributed by atoms with van der Waals surface area (Å²) in [6.45, 7) is 10.8. The molecule has 1 heterocycles. The predicted octanol–water partition coefficient (Wildman–Crippen LogP) is 2.25. The third-order valence-electron chi connectivity index (χ3n) is 3.67. The number of nitrogens with zero attached hydrogens (tertiary/aromatic N) is 1. The van der Waals surface area contributed by atoms with E-state index in [2.05, 4.69) is 31.0 Å². The Labute approximate surface area is 94.4 Å². The van der Waals surface area contributed by atoms with Gasteiger partial charge < -0.3 is 5.32 Å². The van der Waals surface area contributed by atoms with Crippen LogP contribution in [0.1, 0.15) is 46.5 Å². The average Bonchev–Trinajstić information content (AvgIpc) is 2.89. The molecule has 2 heteroatoms. The quantitative estimate of drug-likeness (QED) is 0.749. The molecule has 15 heavy (non-hydrogen) atoms. The van der Waals surface area contributed by atoms with Crippen LogP contribution in [0.4, 0.5) is 0 Å². The minimum absolute atomic E-state index is 0.400. The Morgan fingerprint density at radius 1 is 1.40 bits per heavy atom. The van der Waals surface area contributed by atoms with E-state index in [0.29, 0.717) is 5.54 Å². The highest BCUT2D eigenvalue weighted by Gasteiger charge is 2.36. The van der Waals surface area contributed by atoms with Crippen LogP contribution in [0.2, 0.25) is 0 Å². The molecule has 1 saturated heterocycles. The average molecular weight is 210 g/mol. The van der Waals surface area contributed by atoms with Crippen molar-refractivity contribution in [3.63, 3.8) is 0 Å². The van der Waals surface area contributed by atoms with Gasteiger partial charge in [-0.05, 0) is 45.1 Å². The molecule has 1 unspecified atom stereocenters. The molecule has 1 atom stereocenters. The Bertz CT molecular complexity index is 203. The molecule has 0 amide bonds. The van der Waals surface area contributed by atoms with Crippen LogP contribution in [0.25, 0.3) is 0 Å². The lowest BCUT2D eigenvalue weighted by Gasteiger charge is -2.34. The zero-order valence-electron chi connectivity index (χ0n) is 10.6. The van der Waals surface area contributed by atoms with Crippen molar-refractivity contribution in [1.29, 1.82) is 0 Å². The molecule has 0 bridgehead atoms. The van der Waals surface area contributed by atoms with E-state index in [1.807, 2.05) is 0 Å². The largest absolute Gasteiger partial charge is 0.310 e. The summed E-state index contributed by atoms with van der Waals surface area (Å²) in [5.41, 5.74) is 0.400. The van der Waals surface area contributed by atoms with Crippen LogP contribution in [-0.4, -0.2) is 36.1 Å². The van der Waals surface area contributed by atoms with Crippen molar-refractivity contribution in [3.05, 3.63) is 0 Å². The normalized spacial score (nSPS) is 31.8. The fourth-order valence-corrected chi connectivity index (χ4v) is 2.79. The summed E-state index contributed by atoms with van der Waals surface area (Å²) in [6, 6.07) is 0.909. The van der Waals surface area contributed by atoms with E-state index < -0.39 is 0 Å². The Morgan fingerprint density at radius 3 is 2.60 bits per heavy atom. The molecule has 0 aromatic carbocycles. The number of hydrogen-bond acceptors (Lipinski definition) is 2. The van der Waals surface area contributed by atoms with Crippen LogP contribution in [0, 0.1) is 5.92 Å². The molecule has 2 fully saturated rings. The van der Waals surface area contributed by atoms with Crippen LogP contribution in [0.5, 0.6) is 0 Å². The van der Waals surface area contributed by atoms with Crippen molar-refractivity contribution >= 4 is 0 Å². The second kappa shape index (κ2) is 4.42. The molecule has 2 nitrogen and oxygen atoms in total. The molecular weight excluding hydrogens is 184 g/mol. The van der Waals surface area contributed by atoms with Crippen molar-refractivity contribution < 1.29 is 0 Å². The van der Waals surface area contributed by atoms with Gasteiger partial charge in [0.15, 0.2) is 0 Å². The number of rotatable bonds is 5. The van der Waals surface area contributed by atoms with E-state index in [9.17, 15) is 0 Å². The van der Waals surface area contributed by atoms with Crippen LogP contribution < -0.4 is 5.32 Å². The van der Waals surface area contributed by atoms with Gasteiger partial charge in [-0.25, -0.2) is 0 Å². The first kappa shape index (κ1) is 11.4. The van der Waals surface area contributed by atoms with E-state index in [0.717, 1.165) is 12.0 Å².